The molecule has 0 bridgehead atoms. The van der Waals surface area contributed by atoms with Gasteiger partial charge in [-0.25, -0.2) is 0 Å². The van der Waals surface area contributed by atoms with E-state index in [-0.39, 0.29) is 98.1 Å². The van der Waals surface area contributed by atoms with Crippen LogP contribution in [0.2, 0.25) is 0 Å². The molecule has 0 N–H and O–H groups in total. The number of rotatable bonds is 40. The SMILES string of the molecule is CCCCCCCCC(CCC(CCCCCC(=O)[O-])OC(C)=O)OCc1ccccc1.CCCCCCCCC(CCC(CCCCCC(=O)[O-])OC(C)=O)OCc1ccccc1.[Ba+2]. The largest absolute Gasteiger partial charge is 2.00 e. The van der Waals surface area contributed by atoms with Crippen LogP contribution >= 0.6 is 0 Å². The number of carboxylic acids is 2. The van der Waals surface area contributed by atoms with Gasteiger partial charge >= 0.3 is 60.8 Å². The van der Waals surface area contributed by atoms with E-state index in [0.29, 0.717) is 26.1 Å². The Balaban J connectivity index is 0.00000124. The third-order valence-corrected chi connectivity index (χ3v) is 11.5. The smallest absolute Gasteiger partial charge is 0.550 e. The summed E-state index contributed by atoms with van der Waals surface area (Å²) in [6, 6.07) is 20.4. The number of hydrogen-bond donors (Lipinski definition) is 0. The number of benzene rings is 2. The van der Waals surface area contributed by atoms with E-state index in [2.05, 4.69) is 38.1 Å². The average molecular weight is 1030 g/mol. The summed E-state index contributed by atoms with van der Waals surface area (Å²) in [5.41, 5.74) is 2.34. The molecule has 0 amide bonds. The molecule has 10 nitrogen and oxygen atoms in total. The summed E-state index contributed by atoms with van der Waals surface area (Å²) in [5.74, 6) is -2.53. The predicted octanol–water partition coefficient (Wildman–Crippen LogP) is 11.1. The Morgan fingerprint density at radius 1 is 0.415 bits per heavy atom. The maximum atomic E-state index is 11.5. The predicted molar refractivity (Wildman–Crippen MR) is 258 cm³/mol. The third kappa shape index (κ3) is 40.6. The van der Waals surface area contributed by atoms with Gasteiger partial charge in [0.25, 0.3) is 0 Å². The average Bonchev–Trinajstić information content (AvgIpc) is 3.27. The number of carbonyl (C=O) groups excluding carboxylic acids is 4. The van der Waals surface area contributed by atoms with Crippen LogP contribution in [0.1, 0.15) is 219 Å². The quantitative estimate of drug-likeness (QED) is 0.0358. The molecule has 11 heteroatoms. The number of carboxylic acid groups (broad SMARTS) is 2. The fourth-order valence-corrected chi connectivity index (χ4v) is 7.88. The van der Waals surface area contributed by atoms with Gasteiger partial charge in [-0.15, -0.1) is 0 Å². The summed E-state index contributed by atoms with van der Waals surface area (Å²) in [6.07, 6.45) is 26.6. The van der Waals surface area contributed by atoms with E-state index >= 15 is 0 Å². The molecule has 0 fully saturated rings. The van der Waals surface area contributed by atoms with Crippen molar-refractivity contribution in [1.29, 1.82) is 0 Å². The molecule has 0 saturated heterocycles. The number of ether oxygens (including phenoxy) is 4. The van der Waals surface area contributed by atoms with Crippen molar-refractivity contribution in [2.45, 2.75) is 245 Å². The Morgan fingerprint density at radius 3 is 1.03 bits per heavy atom. The second-order valence-electron chi connectivity index (χ2n) is 17.5. The zero-order valence-corrected chi connectivity index (χ0v) is 45.5. The van der Waals surface area contributed by atoms with Crippen LogP contribution in [0.4, 0.5) is 0 Å². The van der Waals surface area contributed by atoms with E-state index < -0.39 is 11.9 Å². The Hall–Kier alpha value is -2.19. The van der Waals surface area contributed by atoms with Gasteiger partial charge in [0.1, 0.15) is 12.2 Å². The fraction of sp³-hybridized carbons (Fsp3) is 0.704. The molecule has 0 spiro atoms. The van der Waals surface area contributed by atoms with E-state index in [1.54, 1.807) is 0 Å². The van der Waals surface area contributed by atoms with Crippen molar-refractivity contribution < 1.29 is 48.3 Å². The van der Waals surface area contributed by atoms with Gasteiger partial charge in [-0.05, 0) is 101 Å². The Kier molecular flexibility index (Phi) is 42.8. The number of hydrogen-bond acceptors (Lipinski definition) is 10. The molecule has 0 saturated carbocycles. The van der Waals surface area contributed by atoms with Gasteiger partial charge in [0.2, 0.25) is 0 Å². The van der Waals surface area contributed by atoms with Crippen molar-refractivity contribution >= 4 is 72.8 Å². The number of unbranched alkanes of at least 4 members (excludes halogenated alkanes) is 14. The Morgan fingerprint density at radius 2 is 0.708 bits per heavy atom. The summed E-state index contributed by atoms with van der Waals surface area (Å²) >= 11 is 0. The van der Waals surface area contributed by atoms with Crippen LogP contribution in [0.3, 0.4) is 0 Å². The maximum Gasteiger partial charge on any atom is 2.00 e. The number of aliphatic carboxylic acids is 2. The van der Waals surface area contributed by atoms with E-state index in [4.69, 9.17) is 18.9 Å². The first kappa shape index (κ1) is 62.8. The van der Waals surface area contributed by atoms with Crippen LogP contribution in [0.15, 0.2) is 60.7 Å². The molecule has 0 heterocycles. The molecular formula is C54H86BaO10. The molecule has 65 heavy (non-hydrogen) atoms. The molecule has 0 aliphatic heterocycles. The minimum absolute atomic E-state index is 0. The first-order chi connectivity index (χ1) is 31.0. The van der Waals surface area contributed by atoms with Crippen LogP contribution in [0, 0.1) is 0 Å². The van der Waals surface area contributed by atoms with E-state index in [1.165, 1.54) is 89.2 Å². The van der Waals surface area contributed by atoms with Crippen molar-refractivity contribution in [3.63, 3.8) is 0 Å². The van der Waals surface area contributed by atoms with Crippen LogP contribution in [-0.2, 0) is 51.3 Å². The molecule has 2 rings (SSSR count). The van der Waals surface area contributed by atoms with E-state index in [1.807, 2.05) is 36.4 Å². The molecule has 4 unspecified atom stereocenters. The third-order valence-electron chi connectivity index (χ3n) is 11.5. The Labute approximate surface area is 434 Å². The van der Waals surface area contributed by atoms with Crippen molar-refractivity contribution in [3.8, 4) is 0 Å². The van der Waals surface area contributed by atoms with Crippen molar-refractivity contribution in [3.05, 3.63) is 71.8 Å². The minimum Gasteiger partial charge on any atom is -0.550 e. The van der Waals surface area contributed by atoms with E-state index in [0.717, 1.165) is 89.9 Å². The summed E-state index contributed by atoms with van der Waals surface area (Å²) in [7, 11) is 0. The van der Waals surface area contributed by atoms with Gasteiger partial charge in [-0.1, -0.05) is 164 Å². The van der Waals surface area contributed by atoms with Gasteiger partial charge in [0.05, 0.1) is 25.4 Å². The molecule has 4 atom stereocenters. The number of esters is 2. The minimum atomic E-state index is -1.00. The monoisotopic (exact) mass is 1030 g/mol. The van der Waals surface area contributed by atoms with Crippen LogP contribution < -0.4 is 10.2 Å². The van der Waals surface area contributed by atoms with Crippen molar-refractivity contribution in [2.75, 3.05) is 0 Å². The van der Waals surface area contributed by atoms with Crippen molar-refractivity contribution in [1.82, 2.24) is 0 Å². The molecule has 0 aromatic heterocycles. The first-order valence-electron chi connectivity index (χ1n) is 25.1. The summed E-state index contributed by atoms with van der Waals surface area (Å²) in [5, 5.41) is 21.1. The molecular weight excluding hydrogens is 946 g/mol. The second-order valence-corrected chi connectivity index (χ2v) is 17.5. The van der Waals surface area contributed by atoms with Crippen LogP contribution in [0.25, 0.3) is 0 Å². The normalized spacial score (nSPS) is 12.7. The molecule has 0 radical (unpaired) electrons. The molecule has 364 valence electrons. The zero-order chi connectivity index (χ0) is 46.9. The van der Waals surface area contributed by atoms with Gasteiger partial charge in [0.15, 0.2) is 0 Å². The van der Waals surface area contributed by atoms with Gasteiger partial charge < -0.3 is 38.7 Å². The van der Waals surface area contributed by atoms with Gasteiger partial charge in [-0.2, -0.15) is 0 Å². The van der Waals surface area contributed by atoms with E-state index in [9.17, 15) is 29.4 Å². The summed E-state index contributed by atoms with van der Waals surface area (Å²) in [6.45, 7) is 8.56. The first-order valence-corrected chi connectivity index (χ1v) is 25.1. The number of carbonyl (C=O) groups is 4. The van der Waals surface area contributed by atoms with Gasteiger partial charge in [0, 0.05) is 25.8 Å². The standard InChI is InChI=1S/2C27H44O5.Ba/c2*1-3-4-5-6-7-12-17-25(31-22-24-15-10-8-11-16-24)20-21-26(32-23(2)28)18-13-9-14-19-27(29)30;/h2*8,10-11,15-16,25-26H,3-7,9,12-14,17-22H2,1-2H3,(H,29,30);/q;;+2/p-2. The maximum absolute atomic E-state index is 11.5. The van der Waals surface area contributed by atoms with Crippen LogP contribution in [0.5, 0.6) is 0 Å². The zero-order valence-electron chi connectivity index (χ0n) is 41.1. The second kappa shape index (κ2) is 44.3. The summed E-state index contributed by atoms with van der Waals surface area (Å²) in [4.78, 5) is 44.2. The molecule has 2 aromatic rings. The van der Waals surface area contributed by atoms with Gasteiger partial charge in [-0.3, -0.25) is 9.59 Å². The fourth-order valence-electron chi connectivity index (χ4n) is 7.88. The topological polar surface area (TPSA) is 151 Å². The molecule has 2 aromatic carbocycles. The summed E-state index contributed by atoms with van der Waals surface area (Å²) < 4.78 is 23.6. The molecule has 0 aliphatic rings. The van der Waals surface area contributed by atoms with Crippen molar-refractivity contribution in [2.24, 2.45) is 0 Å². The molecule has 0 aliphatic carbocycles. The van der Waals surface area contributed by atoms with Crippen LogP contribution in [-0.4, -0.2) is 97.2 Å². The Bertz CT molecular complexity index is 1320.